The predicted molar refractivity (Wildman–Crippen MR) is 115 cm³/mol. The highest BCUT2D eigenvalue weighted by molar-refractivity contribution is 5.94. The number of hydrogen-bond donors (Lipinski definition) is 2. The summed E-state index contributed by atoms with van der Waals surface area (Å²) in [5, 5.41) is 6.78. The van der Waals surface area contributed by atoms with Crippen LogP contribution in [0.25, 0.3) is 11.4 Å². The van der Waals surface area contributed by atoms with Gasteiger partial charge in [-0.1, -0.05) is 43.3 Å². The minimum atomic E-state index is -0.194. The Labute approximate surface area is 176 Å². The van der Waals surface area contributed by atoms with Crippen molar-refractivity contribution in [2.24, 2.45) is 0 Å². The van der Waals surface area contributed by atoms with Crippen molar-refractivity contribution >= 4 is 29.7 Å². The van der Waals surface area contributed by atoms with E-state index in [0.717, 1.165) is 5.56 Å². The van der Waals surface area contributed by atoms with Crippen LogP contribution in [0.3, 0.4) is 0 Å². The third-order valence-electron chi connectivity index (χ3n) is 4.40. The average Bonchev–Trinajstić information content (AvgIpc) is 3.17. The molecule has 1 amide bonds. The summed E-state index contributed by atoms with van der Waals surface area (Å²) in [5.41, 5.74) is 9.00. The topological polar surface area (TPSA) is 103 Å². The number of carbonyl (C=O) groups excluding carboxylic acids is 1. The van der Waals surface area contributed by atoms with E-state index in [9.17, 15) is 4.79 Å². The summed E-state index contributed by atoms with van der Waals surface area (Å²) in [6.45, 7) is 4.29. The number of nitrogens with two attached hydrogens (primary N) is 1. The molecule has 29 heavy (non-hydrogen) atoms. The molecule has 0 aliphatic heterocycles. The van der Waals surface area contributed by atoms with Gasteiger partial charge in [0.05, 0.1) is 18.5 Å². The van der Waals surface area contributed by atoms with Crippen molar-refractivity contribution in [3.05, 3.63) is 53.9 Å². The van der Waals surface area contributed by atoms with Gasteiger partial charge in [-0.05, 0) is 23.6 Å². The lowest BCUT2D eigenvalue weighted by Gasteiger charge is -2.09. The van der Waals surface area contributed by atoms with Crippen molar-refractivity contribution < 1.29 is 14.1 Å². The highest BCUT2D eigenvalue weighted by atomic mass is 35.5. The van der Waals surface area contributed by atoms with Crippen molar-refractivity contribution in [1.29, 1.82) is 0 Å². The summed E-state index contributed by atoms with van der Waals surface area (Å²) in [6, 6.07) is 13.2. The molecule has 2 aromatic carbocycles. The van der Waals surface area contributed by atoms with Crippen LogP contribution in [0.15, 0.2) is 47.0 Å². The second kappa shape index (κ2) is 9.93. The van der Waals surface area contributed by atoms with Crippen molar-refractivity contribution in [1.82, 2.24) is 10.1 Å². The molecule has 3 N–H and O–H groups in total. The largest absolute Gasteiger partial charge is 0.497 e. The number of amides is 1. The van der Waals surface area contributed by atoms with Crippen LogP contribution in [0.2, 0.25) is 0 Å². The molecule has 0 saturated heterocycles. The number of rotatable bonds is 7. The number of aromatic nitrogens is 2. The standard InChI is InChI=1S/C21H24N4O3.ClH/c1-13(2)14-4-6-15(7-5-14)21-24-20(28-25-21)11-10-19(26)23-18-12-16(27-3)8-9-17(18)22;/h4-9,12-13H,10-11,22H2,1-3H3,(H,23,26);1H. The molecular formula is C21H25ClN4O3. The molecule has 154 valence electrons. The Morgan fingerprint density at radius 2 is 1.93 bits per heavy atom. The van der Waals surface area contributed by atoms with E-state index in [2.05, 4.69) is 41.4 Å². The number of nitrogens with one attached hydrogen (secondary N) is 1. The predicted octanol–water partition coefficient (Wildman–Crippen LogP) is 4.44. The lowest BCUT2D eigenvalue weighted by atomic mass is 10.0. The van der Waals surface area contributed by atoms with Crippen molar-refractivity contribution in [2.45, 2.75) is 32.6 Å². The molecule has 0 fully saturated rings. The van der Waals surface area contributed by atoms with E-state index < -0.39 is 0 Å². The Morgan fingerprint density at radius 1 is 1.21 bits per heavy atom. The number of ether oxygens (including phenoxy) is 1. The first-order valence-electron chi connectivity index (χ1n) is 9.12. The first-order valence-corrected chi connectivity index (χ1v) is 9.12. The van der Waals surface area contributed by atoms with Crippen LogP contribution < -0.4 is 15.8 Å². The van der Waals surface area contributed by atoms with Gasteiger partial charge in [-0.3, -0.25) is 4.79 Å². The summed E-state index contributed by atoms with van der Waals surface area (Å²) < 4.78 is 10.4. The number of halogens is 1. The van der Waals surface area contributed by atoms with Gasteiger partial charge in [0.1, 0.15) is 5.75 Å². The molecule has 3 aromatic rings. The molecule has 0 unspecified atom stereocenters. The molecule has 0 bridgehead atoms. The van der Waals surface area contributed by atoms with Gasteiger partial charge in [0.15, 0.2) is 0 Å². The van der Waals surface area contributed by atoms with Gasteiger partial charge in [-0.15, -0.1) is 12.4 Å². The second-order valence-corrected chi connectivity index (χ2v) is 6.79. The summed E-state index contributed by atoms with van der Waals surface area (Å²) in [4.78, 5) is 16.6. The highest BCUT2D eigenvalue weighted by Crippen LogP contribution is 2.25. The van der Waals surface area contributed by atoms with E-state index in [1.54, 1.807) is 25.3 Å². The number of benzene rings is 2. The van der Waals surface area contributed by atoms with Crippen LogP contribution in [0, 0.1) is 0 Å². The maximum atomic E-state index is 12.2. The molecule has 0 saturated carbocycles. The third-order valence-corrected chi connectivity index (χ3v) is 4.40. The SMILES string of the molecule is COc1ccc(N)c(NC(=O)CCc2nc(-c3ccc(C(C)C)cc3)no2)c1.Cl. The van der Waals surface area contributed by atoms with E-state index in [-0.39, 0.29) is 24.7 Å². The number of anilines is 2. The number of aryl methyl sites for hydroxylation is 1. The van der Waals surface area contributed by atoms with E-state index in [4.69, 9.17) is 15.0 Å². The Bertz CT molecular complexity index is 955. The minimum absolute atomic E-state index is 0. The van der Waals surface area contributed by atoms with Gasteiger partial charge < -0.3 is 20.3 Å². The van der Waals surface area contributed by atoms with Crippen LogP contribution in [-0.2, 0) is 11.2 Å². The van der Waals surface area contributed by atoms with E-state index >= 15 is 0 Å². The fourth-order valence-corrected chi connectivity index (χ4v) is 2.69. The van der Waals surface area contributed by atoms with Gasteiger partial charge in [-0.2, -0.15) is 4.98 Å². The van der Waals surface area contributed by atoms with Gasteiger partial charge in [-0.25, -0.2) is 0 Å². The third kappa shape index (κ3) is 5.71. The highest BCUT2D eigenvalue weighted by Gasteiger charge is 2.12. The Balaban J connectivity index is 0.00000300. The maximum Gasteiger partial charge on any atom is 0.227 e. The smallest absolute Gasteiger partial charge is 0.227 e. The first kappa shape index (κ1) is 22.2. The number of methoxy groups -OCH3 is 1. The summed E-state index contributed by atoms with van der Waals surface area (Å²) in [7, 11) is 1.56. The Kier molecular flexibility index (Phi) is 7.61. The molecule has 7 nitrogen and oxygen atoms in total. The van der Waals surface area contributed by atoms with E-state index in [1.807, 2.05) is 12.1 Å². The van der Waals surface area contributed by atoms with Crippen molar-refractivity contribution in [3.8, 4) is 17.1 Å². The van der Waals surface area contributed by atoms with Crippen LogP contribution >= 0.6 is 12.4 Å². The van der Waals surface area contributed by atoms with Gasteiger partial charge in [0.25, 0.3) is 0 Å². The number of hydrogen-bond acceptors (Lipinski definition) is 6. The lowest BCUT2D eigenvalue weighted by Crippen LogP contribution is -2.13. The molecule has 1 aromatic heterocycles. The maximum absolute atomic E-state index is 12.2. The van der Waals surface area contributed by atoms with Gasteiger partial charge in [0, 0.05) is 24.5 Å². The molecule has 0 aliphatic rings. The van der Waals surface area contributed by atoms with Crippen LogP contribution in [0.5, 0.6) is 5.75 Å². The molecular weight excluding hydrogens is 392 g/mol. The zero-order chi connectivity index (χ0) is 20.1. The number of carbonyl (C=O) groups is 1. The van der Waals surface area contributed by atoms with Gasteiger partial charge >= 0.3 is 0 Å². The first-order chi connectivity index (χ1) is 13.5. The molecule has 0 spiro atoms. The fourth-order valence-electron chi connectivity index (χ4n) is 2.69. The van der Waals surface area contributed by atoms with Crippen molar-refractivity contribution in [2.75, 3.05) is 18.2 Å². The summed E-state index contributed by atoms with van der Waals surface area (Å²) in [6.07, 6.45) is 0.539. The molecule has 0 atom stereocenters. The quantitative estimate of drug-likeness (QED) is 0.551. The Hall–Kier alpha value is -3.06. The normalized spacial score (nSPS) is 10.5. The van der Waals surface area contributed by atoms with E-state index in [1.165, 1.54) is 5.56 Å². The summed E-state index contributed by atoms with van der Waals surface area (Å²) in [5.74, 6) is 1.82. The van der Waals surface area contributed by atoms with E-state index in [0.29, 0.717) is 41.2 Å². The minimum Gasteiger partial charge on any atom is -0.497 e. The Morgan fingerprint density at radius 3 is 2.59 bits per heavy atom. The van der Waals surface area contributed by atoms with Crippen LogP contribution in [0.4, 0.5) is 11.4 Å². The zero-order valence-electron chi connectivity index (χ0n) is 16.6. The fraction of sp³-hybridized carbons (Fsp3) is 0.286. The average molecular weight is 417 g/mol. The molecule has 3 rings (SSSR count). The lowest BCUT2D eigenvalue weighted by molar-refractivity contribution is -0.116. The second-order valence-electron chi connectivity index (χ2n) is 6.79. The molecule has 0 aliphatic carbocycles. The molecule has 0 radical (unpaired) electrons. The van der Waals surface area contributed by atoms with Gasteiger partial charge in [0.2, 0.25) is 17.6 Å². The number of nitrogens with zero attached hydrogens (tertiary/aromatic N) is 2. The monoisotopic (exact) mass is 416 g/mol. The van der Waals surface area contributed by atoms with Crippen molar-refractivity contribution in [3.63, 3.8) is 0 Å². The van der Waals surface area contributed by atoms with Crippen LogP contribution in [-0.4, -0.2) is 23.2 Å². The zero-order valence-corrected chi connectivity index (χ0v) is 17.5. The molecule has 1 heterocycles. The molecule has 8 heteroatoms. The number of nitrogen functional groups attached to an aromatic ring is 1. The summed E-state index contributed by atoms with van der Waals surface area (Å²) >= 11 is 0. The van der Waals surface area contributed by atoms with Crippen LogP contribution in [0.1, 0.15) is 37.6 Å².